The molecule has 29 heavy (non-hydrogen) atoms. The van der Waals surface area contributed by atoms with Crippen molar-refractivity contribution < 1.29 is 4.42 Å². The van der Waals surface area contributed by atoms with E-state index in [0.29, 0.717) is 0 Å². The molecule has 0 amide bonds. The highest BCUT2D eigenvalue weighted by Gasteiger charge is 2.24. The van der Waals surface area contributed by atoms with Crippen molar-refractivity contribution in [3.63, 3.8) is 0 Å². The Morgan fingerprint density at radius 3 is 2.38 bits per heavy atom. The molecule has 2 heterocycles. The number of benzene rings is 1. The van der Waals surface area contributed by atoms with E-state index in [1.54, 1.807) is 6.26 Å². The number of furan rings is 1. The van der Waals surface area contributed by atoms with Crippen LogP contribution in [-0.2, 0) is 0 Å². The van der Waals surface area contributed by atoms with E-state index in [2.05, 4.69) is 75.9 Å². The van der Waals surface area contributed by atoms with Crippen molar-refractivity contribution in [1.82, 2.24) is 20.4 Å². The zero-order valence-electron chi connectivity index (χ0n) is 18.0. The number of rotatable bonds is 8. The van der Waals surface area contributed by atoms with Gasteiger partial charge in [0.2, 0.25) is 0 Å². The van der Waals surface area contributed by atoms with Crippen LogP contribution in [0.1, 0.15) is 42.7 Å². The smallest absolute Gasteiger partial charge is 0.191 e. The Kier molecular flexibility index (Phi) is 8.14. The summed E-state index contributed by atoms with van der Waals surface area (Å²) in [4.78, 5) is 9.19. The number of aliphatic imine (C=N–C) groups is 1. The summed E-state index contributed by atoms with van der Waals surface area (Å²) in [5.74, 6) is 1.84. The zero-order valence-corrected chi connectivity index (χ0v) is 18.0. The van der Waals surface area contributed by atoms with Crippen LogP contribution in [0.5, 0.6) is 0 Å². The molecule has 0 saturated carbocycles. The van der Waals surface area contributed by atoms with Gasteiger partial charge in [0.15, 0.2) is 5.96 Å². The van der Waals surface area contributed by atoms with Crippen molar-refractivity contribution >= 4 is 5.96 Å². The average molecular weight is 398 g/mol. The molecule has 2 unspecified atom stereocenters. The minimum absolute atomic E-state index is 0.225. The van der Waals surface area contributed by atoms with Crippen molar-refractivity contribution in [1.29, 1.82) is 0 Å². The van der Waals surface area contributed by atoms with Crippen LogP contribution >= 0.6 is 0 Å². The first-order valence-corrected chi connectivity index (χ1v) is 10.6. The normalized spacial score (nSPS) is 17.9. The summed E-state index contributed by atoms with van der Waals surface area (Å²) in [6, 6.07) is 15.1. The van der Waals surface area contributed by atoms with Crippen LogP contribution in [0, 0.1) is 0 Å². The first-order valence-electron chi connectivity index (χ1n) is 10.6. The molecule has 1 aliphatic heterocycles. The number of guanidine groups is 1. The summed E-state index contributed by atoms with van der Waals surface area (Å²) in [6.45, 7) is 3.79. The number of likely N-dealkylation sites (tertiary alicyclic amines) is 1. The number of nitrogens with zero attached hydrogens (tertiary/aromatic N) is 3. The van der Waals surface area contributed by atoms with E-state index >= 15 is 0 Å². The Labute approximate surface area is 175 Å². The van der Waals surface area contributed by atoms with Crippen molar-refractivity contribution in [3.8, 4) is 0 Å². The van der Waals surface area contributed by atoms with Gasteiger partial charge in [-0.05, 0) is 57.7 Å². The molecule has 2 N–H and O–H groups in total. The Morgan fingerprint density at radius 1 is 1.03 bits per heavy atom. The number of piperidine rings is 1. The van der Waals surface area contributed by atoms with Crippen LogP contribution in [-0.4, -0.2) is 63.1 Å². The fraction of sp³-hybridized carbons (Fsp3) is 0.522. The molecule has 2 aromatic rings. The molecule has 0 bridgehead atoms. The van der Waals surface area contributed by atoms with Gasteiger partial charge < -0.3 is 20.0 Å². The molecule has 158 valence electrons. The maximum Gasteiger partial charge on any atom is 0.191 e. The summed E-state index contributed by atoms with van der Waals surface area (Å²) < 4.78 is 5.75. The fourth-order valence-corrected chi connectivity index (χ4v) is 4.00. The first kappa shape index (κ1) is 21.4. The highest BCUT2D eigenvalue weighted by atomic mass is 16.3. The Morgan fingerprint density at radius 2 is 1.76 bits per heavy atom. The topological polar surface area (TPSA) is 56.0 Å². The summed E-state index contributed by atoms with van der Waals surface area (Å²) >= 11 is 0. The molecular formula is C23H35N5O. The number of hydrogen-bond acceptors (Lipinski definition) is 4. The molecule has 0 spiro atoms. The Hall–Kier alpha value is -2.31. The third-order valence-corrected chi connectivity index (χ3v) is 5.66. The fourth-order valence-electron chi connectivity index (χ4n) is 4.00. The summed E-state index contributed by atoms with van der Waals surface area (Å²) in [7, 11) is 6.04. The quantitative estimate of drug-likeness (QED) is 0.529. The van der Waals surface area contributed by atoms with Gasteiger partial charge >= 0.3 is 0 Å². The molecule has 1 fully saturated rings. The lowest BCUT2D eigenvalue weighted by atomic mass is 10.1. The lowest BCUT2D eigenvalue weighted by Crippen LogP contribution is -2.46. The van der Waals surface area contributed by atoms with Crippen molar-refractivity contribution in [3.05, 3.63) is 60.1 Å². The molecule has 6 heteroatoms. The van der Waals surface area contributed by atoms with Gasteiger partial charge in [-0.25, -0.2) is 0 Å². The molecule has 0 aliphatic carbocycles. The number of nitrogens with one attached hydrogen (secondary N) is 2. The van der Waals surface area contributed by atoms with Crippen LogP contribution < -0.4 is 10.6 Å². The molecule has 1 saturated heterocycles. The SMILES string of the molecule is CN=C(NCC(c1ccccc1)N(C)C)NCC(c1ccco1)N1CCCCC1. The van der Waals surface area contributed by atoms with Crippen molar-refractivity contribution in [2.24, 2.45) is 4.99 Å². The Balaban J connectivity index is 1.59. The van der Waals surface area contributed by atoms with E-state index < -0.39 is 0 Å². The van der Waals surface area contributed by atoms with Gasteiger partial charge in [-0.1, -0.05) is 36.8 Å². The highest BCUT2D eigenvalue weighted by molar-refractivity contribution is 5.79. The third-order valence-electron chi connectivity index (χ3n) is 5.66. The molecule has 0 radical (unpaired) electrons. The molecule has 1 aromatic heterocycles. The van der Waals surface area contributed by atoms with Crippen LogP contribution in [0.3, 0.4) is 0 Å². The van der Waals surface area contributed by atoms with E-state index in [0.717, 1.165) is 37.9 Å². The van der Waals surface area contributed by atoms with Crippen LogP contribution in [0.25, 0.3) is 0 Å². The van der Waals surface area contributed by atoms with Crippen LogP contribution in [0.4, 0.5) is 0 Å². The predicted octanol–water partition coefficient (Wildman–Crippen LogP) is 3.27. The number of hydrogen-bond donors (Lipinski definition) is 2. The number of likely N-dealkylation sites (N-methyl/N-ethyl adjacent to an activating group) is 1. The van der Waals surface area contributed by atoms with E-state index in [-0.39, 0.29) is 12.1 Å². The molecule has 1 aliphatic rings. The van der Waals surface area contributed by atoms with Gasteiger partial charge in [-0.3, -0.25) is 9.89 Å². The van der Waals surface area contributed by atoms with Crippen LogP contribution in [0.2, 0.25) is 0 Å². The van der Waals surface area contributed by atoms with Gasteiger partial charge in [-0.2, -0.15) is 0 Å². The van der Waals surface area contributed by atoms with E-state index in [4.69, 9.17) is 4.42 Å². The van der Waals surface area contributed by atoms with Crippen molar-refractivity contribution in [2.75, 3.05) is 47.3 Å². The second-order valence-corrected chi connectivity index (χ2v) is 7.85. The summed E-state index contributed by atoms with van der Waals surface area (Å²) in [5.41, 5.74) is 1.29. The summed E-state index contributed by atoms with van der Waals surface area (Å²) in [5, 5.41) is 7.02. The standard InChI is InChI=1S/C23H35N5O/c1-24-23(25-17-20(27(2)3)19-11-6-4-7-12-19)26-18-21(22-13-10-16-29-22)28-14-8-5-9-15-28/h4,6-7,10-13,16,20-21H,5,8-9,14-15,17-18H2,1-3H3,(H2,24,25,26). The molecule has 3 rings (SSSR count). The molecule has 1 aromatic carbocycles. The van der Waals surface area contributed by atoms with E-state index in [9.17, 15) is 0 Å². The maximum atomic E-state index is 5.75. The maximum absolute atomic E-state index is 5.75. The minimum Gasteiger partial charge on any atom is -0.468 e. The van der Waals surface area contributed by atoms with Gasteiger partial charge in [0.25, 0.3) is 0 Å². The van der Waals surface area contributed by atoms with Gasteiger partial charge in [0, 0.05) is 20.1 Å². The van der Waals surface area contributed by atoms with Gasteiger partial charge in [0.1, 0.15) is 5.76 Å². The second-order valence-electron chi connectivity index (χ2n) is 7.85. The largest absolute Gasteiger partial charge is 0.468 e. The monoisotopic (exact) mass is 397 g/mol. The predicted molar refractivity (Wildman–Crippen MR) is 119 cm³/mol. The van der Waals surface area contributed by atoms with E-state index in [1.165, 1.54) is 24.8 Å². The third kappa shape index (κ3) is 6.08. The lowest BCUT2D eigenvalue weighted by molar-refractivity contribution is 0.146. The van der Waals surface area contributed by atoms with Crippen molar-refractivity contribution in [2.45, 2.75) is 31.3 Å². The van der Waals surface area contributed by atoms with E-state index in [1.807, 2.05) is 13.1 Å². The summed E-state index contributed by atoms with van der Waals surface area (Å²) in [6.07, 6.45) is 5.60. The minimum atomic E-state index is 0.225. The molecule has 6 nitrogen and oxygen atoms in total. The second kappa shape index (κ2) is 11.0. The lowest BCUT2D eigenvalue weighted by Gasteiger charge is -2.34. The van der Waals surface area contributed by atoms with Crippen LogP contribution in [0.15, 0.2) is 58.1 Å². The Bertz CT molecular complexity index is 723. The van der Waals surface area contributed by atoms with Gasteiger partial charge in [0.05, 0.1) is 18.3 Å². The highest BCUT2D eigenvalue weighted by Crippen LogP contribution is 2.24. The zero-order chi connectivity index (χ0) is 20.5. The van der Waals surface area contributed by atoms with Gasteiger partial charge in [-0.15, -0.1) is 0 Å². The average Bonchev–Trinajstić information content (AvgIpc) is 3.28. The molecule has 2 atom stereocenters. The molecular weight excluding hydrogens is 362 g/mol. The first-order chi connectivity index (χ1) is 14.2.